The number of aliphatic hydroxyl groups is 10. The van der Waals surface area contributed by atoms with Gasteiger partial charge in [0.1, 0.15) is 98.7 Å². The highest BCUT2D eigenvalue weighted by Gasteiger charge is 2.58. The van der Waals surface area contributed by atoms with Crippen LogP contribution in [0.4, 0.5) is 0 Å². The molecule has 2 aliphatic heterocycles. The topological polar surface area (TPSA) is 374 Å². The Kier molecular flexibility index (Phi) is 49.3. The zero-order chi connectivity index (χ0) is 71.8. The van der Waals surface area contributed by atoms with Gasteiger partial charge in [-0.25, -0.2) is 14.2 Å². The van der Waals surface area contributed by atoms with Crippen LogP contribution in [0.5, 0.6) is 0 Å². The largest absolute Gasteiger partial charge is 0.472 e. The summed E-state index contributed by atoms with van der Waals surface area (Å²) in [7, 11) is -5.73. The first-order chi connectivity index (χ1) is 47.3. The molecule has 0 spiro atoms. The highest BCUT2D eigenvalue weighted by atomic mass is 31.2. The van der Waals surface area contributed by atoms with Gasteiger partial charge in [0.15, 0.2) is 18.7 Å². The first-order valence-corrected chi connectivity index (χ1v) is 38.6. The molecule has 18 unspecified atom stereocenters. The summed E-state index contributed by atoms with van der Waals surface area (Å²) in [5, 5.41) is 110. The summed E-state index contributed by atoms with van der Waals surface area (Å²) >= 11 is 0. The van der Waals surface area contributed by atoms with Crippen molar-refractivity contribution in [1.29, 1.82) is 0 Å². The molecule has 98 heavy (non-hydrogen) atoms. The standard InChI is InChI=1S/C73H127O24P/c1-4-7-10-13-16-19-22-25-27-30-32-35-38-41-44-47-57(75)89-51-54(92-59(77)49-46-43-40-37-34-29-24-21-18-15-12-9-6-3)52-91-98(87,88)97-71-69(95-72-67(85)62(80)60(78)55(50-74)93-72)65(83)64(82)66(84)70(71)96-73-68(86)63(81)61(79)56(94-73)53-90-58(76)48-45-42-39-36-33-31-28-26-23-20-17-14-11-8-5-2/h29,34,38-39,41-42,44-45,47-48,54-56,60-74,78-86H,4-28,30-33,35-37,40,43,46,49-53H2,1-3H3,(H,87,88)/b34-29-,41-38+,42-39+,47-44+,48-45+. The first-order valence-electron chi connectivity index (χ1n) is 37.2. The van der Waals surface area contributed by atoms with Crippen molar-refractivity contribution >= 4 is 25.7 Å². The van der Waals surface area contributed by atoms with Crippen molar-refractivity contribution in [2.24, 2.45) is 0 Å². The summed E-state index contributed by atoms with van der Waals surface area (Å²) in [6.45, 7) is 3.20. The van der Waals surface area contributed by atoms with Gasteiger partial charge in [-0.15, -0.1) is 0 Å². The van der Waals surface area contributed by atoms with Crippen LogP contribution >= 0.6 is 7.82 Å². The fraction of sp³-hybridized carbons (Fsp3) is 0.822. The summed E-state index contributed by atoms with van der Waals surface area (Å²) < 4.78 is 64.5. The monoisotopic (exact) mass is 1420 g/mol. The van der Waals surface area contributed by atoms with Gasteiger partial charge in [-0.05, 0) is 57.8 Å². The van der Waals surface area contributed by atoms with Crippen molar-refractivity contribution in [3.05, 3.63) is 60.8 Å². The summed E-state index contributed by atoms with van der Waals surface area (Å²) in [5.74, 6) is -2.51. The van der Waals surface area contributed by atoms with Crippen LogP contribution in [0.3, 0.4) is 0 Å². The van der Waals surface area contributed by atoms with Crippen molar-refractivity contribution in [2.45, 2.75) is 356 Å². The van der Waals surface area contributed by atoms with Gasteiger partial charge in [-0.3, -0.25) is 13.8 Å². The van der Waals surface area contributed by atoms with E-state index < -0.39 is 156 Å². The Labute approximate surface area is 583 Å². The molecule has 0 bridgehead atoms. The molecule has 0 aromatic rings. The lowest BCUT2D eigenvalue weighted by Crippen LogP contribution is -2.69. The number of carbonyl (C=O) groups is 3. The van der Waals surface area contributed by atoms with Crippen LogP contribution in [0.2, 0.25) is 0 Å². The van der Waals surface area contributed by atoms with Gasteiger partial charge in [0.05, 0.1) is 13.2 Å². The molecule has 2 saturated heterocycles. The molecule has 0 amide bonds. The lowest BCUT2D eigenvalue weighted by Gasteiger charge is -2.49. The van der Waals surface area contributed by atoms with Crippen LogP contribution < -0.4 is 0 Å². The summed E-state index contributed by atoms with van der Waals surface area (Å²) in [6.07, 6.45) is 20.0. The van der Waals surface area contributed by atoms with Gasteiger partial charge in [0, 0.05) is 18.6 Å². The second-order valence-electron chi connectivity index (χ2n) is 26.4. The zero-order valence-electron chi connectivity index (χ0n) is 59.0. The van der Waals surface area contributed by atoms with Crippen molar-refractivity contribution in [1.82, 2.24) is 0 Å². The van der Waals surface area contributed by atoms with Crippen molar-refractivity contribution in [2.75, 3.05) is 26.4 Å². The van der Waals surface area contributed by atoms with E-state index in [-0.39, 0.29) is 6.42 Å². The molecule has 0 aromatic carbocycles. The third kappa shape index (κ3) is 37.2. The van der Waals surface area contributed by atoms with Gasteiger partial charge in [-0.1, -0.05) is 236 Å². The predicted molar refractivity (Wildman–Crippen MR) is 370 cm³/mol. The second-order valence-corrected chi connectivity index (χ2v) is 27.8. The number of hydrogen-bond acceptors (Lipinski definition) is 23. The van der Waals surface area contributed by atoms with Crippen LogP contribution in [-0.2, 0) is 61.2 Å². The van der Waals surface area contributed by atoms with E-state index >= 15 is 0 Å². The van der Waals surface area contributed by atoms with Crippen LogP contribution in [0.1, 0.15) is 252 Å². The van der Waals surface area contributed by atoms with Crippen molar-refractivity contribution in [3.8, 4) is 0 Å². The molecule has 2 heterocycles. The first kappa shape index (κ1) is 88.9. The van der Waals surface area contributed by atoms with Crippen LogP contribution in [-0.4, -0.2) is 204 Å². The molecular weight excluding hydrogens is 1290 g/mol. The van der Waals surface area contributed by atoms with E-state index in [9.17, 15) is 74.9 Å². The van der Waals surface area contributed by atoms with E-state index in [2.05, 4.69) is 32.9 Å². The molecule has 1 saturated carbocycles. The number of carbonyl (C=O) groups excluding carboxylic acids is 3. The van der Waals surface area contributed by atoms with Crippen molar-refractivity contribution < 1.29 is 117 Å². The minimum absolute atomic E-state index is 0.0858. The second kappa shape index (κ2) is 54.3. The minimum atomic E-state index is -5.73. The summed E-state index contributed by atoms with van der Waals surface area (Å²) in [6, 6.07) is 0. The normalized spacial score (nSPS) is 28.0. The smallest absolute Gasteiger partial charge is 0.460 e. The van der Waals surface area contributed by atoms with Gasteiger partial charge in [0.25, 0.3) is 0 Å². The number of ether oxygens (including phenoxy) is 7. The van der Waals surface area contributed by atoms with Crippen molar-refractivity contribution in [3.63, 3.8) is 0 Å². The Morgan fingerprint density at radius 1 is 0.418 bits per heavy atom. The van der Waals surface area contributed by atoms with Gasteiger partial charge in [0.2, 0.25) is 0 Å². The Morgan fingerprint density at radius 2 is 0.786 bits per heavy atom. The lowest BCUT2D eigenvalue weighted by atomic mass is 9.84. The van der Waals surface area contributed by atoms with Crippen LogP contribution in [0.25, 0.3) is 0 Å². The van der Waals surface area contributed by atoms with E-state index in [0.29, 0.717) is 12.8 Å². The number of esters is 3. The summed E-state index contributed by atoms with van der Waals surface area (Å²) in [4.78, 5) is 50.7. The maximum Gasteiger partial charge on any atom is 0.472 e. The number of aliphatic hydroxyl groups excluding tert-OH is 10. The maximum absolute atomic E-state index is 14.3. The number of hydrogen-bond donors (Lipinski definition) is 11. The average Bonchev–Trinajstić information content (AvgIpc) is 0.762. The number of phosphoric ester groups is 1. The fourth-order valence-corrected chi connectivity index (χ4v) is 12.8. The number of unbranched alkanes of at least 4 members (excludes halogenated alkanes) is 31. The molecule has 0 radical (unpaired) electrons. The van der Waals surface area contributed by atoms with E-state index in [0.717, 1.165) is 89.2 Å². The molecular formula is C73H127O24P. The van der Waals surface area contributed by atoms with E-state index in [1.807, 2.05) is 12.2 Å². The molecule has 3 rings (SSSR count). The predicted octanol–water partition coefficient (Wildman–Crippen LogP) is 9.85. The number of phosphoric acid groups is 1. The van der Waals surface area contributed by atoms with E-state index in [4.69, 9.17) is 42.2 Å². The molecule has 3 fully saturated rings. The van der Waals surface area contributed by atoms with Crippen LogP contribution in [0.15, 0.2) is 60.8 Å². The molecule has 3 aliphatic rings. The Balaban J connectivity index is 1.78. The highest BCUT2D eigenvalue weighted by molar-refractivity contribution is 7.47. The third-order valence-electron chi connectivity index (χ3n) is 17.9. The molecule has 0 aromatic heterocycles. The molecule has 25 heteroatoms. The quantitative estimate of drug-likeness (QED) is 0.00513. The highest BCUT2D eigenvalue weighted by Crippen LogP contribution is 2.49. The molecule has 24 nitrogen and oxygen atoms in total. The number of rotatable bonds is 56. The molecule has 568 valence electrons. The van der Waals surface area contributed by atoms with Gasteiger partial charge >= 0.3 is 25.7 Å². The van der Waals surface area contributed by atoms with Crippen LogP contribution in [0, 0.1) is 0 Å². The third-order valence-corrected chi connectivity index (χ3v) is 18.9. The Bertz CT molecular complexity index is 2270. The number of allylic oxidation sites excluding steroid dienone is 8. The molecule has 18 atom stereocenters. The Morgan fingerprint density at radius 3 is 1.21 bits per heavy atom. The Hall–Kier alpha value is -3.34. The summed E-state index contributed by atoms with van der Waals surface area (Å²) in [5.41, 5.74) is 0. The molecule has 11 N–H and O–H groups in total. The van der Waals surface area contributed by atoms with E-state index in [1.165, 1.54) is 147 Å². The minimum Gasteiger partial charge on any atom is -0.460 e. The van der Waals surface area contributed by atoms with E-state index in [1.54, 1.807) is 12.2 Å². The zero-order valence-corrected chi connectivity index (χ0v) is 59.9. The molecule has 1 aliphatic carbocycles. The SMILES string of the molecule is CCCCCCCC/C=C\CCCCCC(=O)OC(COC(=O)/C=C/C=C/CCCCCCCCCCCCC)COP(=O)(O)OC1C(OC2OC(CO)C(O)C(O)C2O)C(O)C(O)C(O)C1OC1OC(COC(=O)/C=C/C=C/CCCCCCCCCCCCC)C(O)C(O)C1O. The maximum atomic E-state index is 14.3. The van der Waals surface area contributed by atoms with Gasteiger partial charge < -0.3 is 89.1 Å². The fourth-order valence-electron chi connectivity index (χ4n) is 11.9. The average molecular weight is 1420 g/mol. The lowest BCUT2D eigenvalue weighted by molar-refractivity contribution is -0.360. The van der Waals surface area contributed by atoms with Gasteiger partial charge in [-0.2, -0.15) is 0 Å².